The number of aryl methyl sites for hydroxylation is 1. The molecule has 0 aromatic heterocycles. The number of hydrogen-bond acceptors (Lipinski definition) is 5. The van der Waals surface area contributed by atoms with E-state index in [1.54, 1.807) is 18.2 Å². The molecular weight excluding hydrogens is 418 g/mol. The average molecular weight is 458 g/mol. The highest BCUT2D eigenvalue weighted by Crippen LogP contribution is 2.28. The molecule has 0 bridgehead atoms. The number of amides is 1. The molecule has 0 spiro atoms. The number of methoxy groups -OCH3 is 1. The lowest BCUT2D eigenvalue weighted by Gasteiger charge is -2.23. The number of carbonyl (C=O) groups excluding carboxylic acids is 1. The van der Waals surface area contributed by atoms with Gasteiger partial charge in [0.25, 0.3) is 0 Å². The Kier molecular flexibility index (Phi) is 11.4. The van der Waals surface area contributed by atoms with Crippen LogP contribution in [0.25, 0.3) is 0 Å². The van der Waals surface area contributed by atoms with Crippen molar-refractivity contribution in [3.05, 3.63) is 47.5 Å². The van der Waals surface area contributed by atoms with Crippen molar-refractivity contribution in [2.24, 2.45) is 0 Å². The van der Waals surface area contributed by atoms with Crippen molar-refractivity contribution >= 4 is 5.91 Å². The first-order valence-electron chi connectivity index (χ1n) is 12.1. The highest BCUT2D eigenvalue weighted by molar-refractivity contribution is 5.76. The molecule has 182 valence electrons. The third kappa shape index (κ3) is 9.24. The Bertz CT molecular complexity index is 868. The van der Waals surface area contributed by atoms with Crippen LogP contribution in [-0.2, 0) is 17.8 Å². The number of rotatable bonds is 15. The minimum absolute atomic E-state index is 0.0394. The summed E-state index contributed by atoms with van der Waals surface area (Å²) in [5.41, 5.74) is 1.71. The van der Waals surface area contributed by atoms with Crippen molar-refractivity contribution in [1.82, 2.24) is 4.90 Å². The highest BCUT2D eigenvalue weighted by Gasteiger charge is 2.15. The number of carbonyl (C=O) groups is 1. The summed E-state index contributed by atoms with van der Waals surface area (Å²) in [5, 5.41) is 29.0. The van der Waals surface area contributed by atoms with E-state index >= 15 is 0 Å². The van der Waals surface area contributed by atoms with Crippen LogP contribution in [0.4, 0.5) is 0 Å². The van der Waals surface area contributed by atoms with Crippen molar-refractivity contribution < 1.29 is 24.9 Å². The number of hydrogen-bond donors (Lipinski definition) is 3. The zero-order valence-electron chi connectivity index (χ0n) is 20.1. The Balaban J connectivity index is 1.94. The van der Waals surface area contributed by atoms with Crippen LogP contribution < -0.4 is 4.74 Å². The number of ether oxygens (including phenoxy) is 1. The molecule has 0 heterocycles. The van der Waals surface area contributed by atoms with Crippen molar-refractivity contribution in [3.63, 3.8) is 0 Å². The Morgan fingerprint density at radius 3 is 2.12 bits per heavy atom. The van der Waals surface area contributed by atoms with E-state index in [1.165, 1.54) is 57.8 Å². The summed E-state index contributed by atoms with van der Waals surface area (Å²) in [4.78, 5) is 14.9. The fourth-order valence-corrected chi connectivity index (χ4v) is 3.90. The van der Waals surface area contributed by atoms with E-state index in [0.29, 0.717) is 31.7 Å². The third-order valence-corrected chi connectivity index (χ3v) is 5.92. The topological polar surface area (TPSA) is 90.2 Å². The molecule has 2 aromatic rings. The summed E-state index contributed by atoms with van der Waals surface area (Å²) in [7, 11) is 1.51. The van der Waals surface area contributed by atoms with Gasteiger partial charge in [-0.1, -0.05) is 64.0 Å². The minimum atomic E-state index is -0.174. The van der Waals surface area contributed by atoms with Gasteiger partial charge >= 0.3 is 0 Å². The molecule has 0 aliphatic rings. The van der Waals surface area contributed by atoms with E-state index in [2.05, 4.69) is 6.92 Å². The van der Waals surface area contributed by atoms with E-state index in [1.807, 2.05) is 11.0 Å². The maximum absolute atomic E-state index is 13.1. The normalized spacial score (nSPS) is 10.8. The van der Waals surface area contributed by atoms with Crippen LogP contribution in [0.1, 0.15) is 75.8 Å². The molecule has 2 rings (SSSR count). The number of aromatic hydroxyl groups is 3. The number of phenols is 3. The summed E-state index contributed by atoms with van der Waals surface area (Å²) in [6, 6.07) is 9.82. The van der Waals surface area contributed by atoms with Gasteiger partial charge < -0.3 is 25.0 Å². The number of phenolic OH excluding ortho intramolecular Hbond substituents is 3. The molecule has 0 saturated heterocycles. The molecule has 33 heavy (non-hydrogen) atoms. The number of unbranched alkanes of at least 4 members (excludes halogenated alkanes) is 7. The monoisotopic (exact) mass is 457 g/mol. The van der Waals surface area contributed by atoms with E-state index in [9.17, 15) is 20.1 Å². The maximum atomic E-state index is 13.1. The van der Waals surface area contributed by atoms with Crippen molar-refractivity contribution in [1.29, 1.82) is 0 Å². The molecular formula is C27H39NO5. The molecule has 3 N–H and O–H groups in total. The maximum Gasteiger partial charge on any atom is 0.223 e. The fraction of sp³-hybridized carbons (Fsp3) is 0.519. The molecule has 1 amide bonds. The standard InChI is InChI=1S/C27H39NO5/c1-3-4-5-6-7-8-9-10-17-28(20-22-12-15-24(30)26(19-22)33-2)27(32)16-13-21-11-14-23(29)25(31)18-21/h11-12,14-15,18-19,29-31H,3-10,13,16-17,20H2,1-2H3. The van der Waals surface area contributed by atoms with Crippen LogP contribution in [-0.4, -0.2) is 39.8 Å². The van der Waals surface area contributed by atoms with Gasteiger partial charge in [-0.05, 0) is 48.2 Å². The molecule has 0 saturated carbocycles. The molecule has 0 fully saturated rings. The van der Waals surface area contributed by atoms with Gasteiger partial charge in [-0.15, -0.1) is 0 Å². The zero-order chi connectivity index (χ0) is 24.1. The summed E-state index contributed by atoms with van der Waals surface area (Å²) in [5.74, 6) is 0.174. The Labute approximate surface area is 197 Å². The second-order valence-corrected chi connectivity index (χ2v) is 8.62. The van der Waals surface area contributed by atoms with Crippen LogP contribution in [0.15, 0.2) is 36.4 Å². The van der Waals surface area contributed by atoms with Gasteiger partial charge in [0, 0.05) is 19.5 Å². The van der Waals surface area contributed by atoms with Crippen molar-refractivity contribution in [2.75, 3.05) is 13.7 Å². The van der Waals surface area contributed by atoms with E-state index in [0.717, 1.165) is 24.0 Å². The number of benzene rings is 2. The molecule has 6 heteroatoms. The van der Waals surface area contributed by atoms with Crippen LogP contribution in [0.3, 0.4) is 0 Å². The molecule has 2 aromatic carbocycles. The lowest BCUT2D eigenvalue weighted by atomic mass is 10.1. The van der Waals surface area contributed by atoms with Crippen molar-refractivity contribution in [3.8, 4) is 23.0 Å². The second-order valence-electron chi connectivity index (χ2n) is 8.62. The molecule has 0 unspecified atom stereocenters. The summed E-state index contributed by atoms with van der Waals surface area (Å²) >= 11 is 0. The first-order valence-corrected chi connectivity index (χ1v) is 12.1. The Morgan fingerprint density at radius 2 is 1.45 bits per heavy atom. The van der Waals surface area contributed by atoms with Gasteiger partial charge in [0.15, 0.2) is 23.0 Å². The minimum Gasteiger partial charge on any atom is -0.504 e. The van der Waals surface area contributed by atoms with Gasteiger partial charge in [0.2, 0.25) is 5.91 Å². The van der Waals surface area contributed by atoms with Crippen LogP contribution in [0.5, 0.6) is 23.0 Å². The van der Waals surface area contributed by atoms with Gasteiger partial charge in [0.05, 0.1) is 7.11 Å². The van der Waals surface area contributed by atoms with Gasteiger partial charge in [0.1, 0.15) is 0 Å². The van der Waals surface area contributed by atoms with Gasteiger partial charge in [-0.25, -0.2) is 0 Å². The number of nitrogens with zero attached hydrogens (tertiary/aromatic N) is 1. The smallest absolute Gasteiger partial charge is 0.223 e. The van der Waals surface area contributed by atoms with Crippen LogP contribution >= 0.6 is 0 Å². The molecule has 0 radical (unpaired) electrons. The summed E-state index contributed by atoms with van der Waals surface area (Å²) in [6.45, 7) is 3.35. The lowest BCUT2D eigenvalue weighted by Crippen LogP contribution is -2.31. The predicted molar refractivity (Wildman–Crippen MR) is 131 cm³/mol. The van der Waals surface area contributed by atoms with Crippen LogP contribution in [0, 0.1) is 0 Å². The molecule has 0 aliphatic carbocycles. The lowest BCUT2D eigenvalue weighted by molar-refractivity contribution is -0.131. The van der Waals surface area contributed by atoms with Crippen molar-refractivity contribution in [2.45, 2.75) is 77.7 Å². The Morgan fingerprint density at radius 1 is 0.818 bits per heavy atom. The highest BCUT2D eigenvalue weighted by atomic mass is 16.5. The SMILES string of the molecule is CCCCCCCCCCN(Cc1ccc(O)c(OC)c1)C(=O)CCc1ccc(O)c(O)c1. The predicted octanol–water partition coefficient (Wildman–Crippen LogP) is 5.91. The third-order valence-electron chi connectivity index (χ3n) is 5.92. The first kappa shape index (κ1) is 26.4. The quantitative estimate of drug-likeness (QED) is 0.228. The molecule has 0 atom stereocenters. The van der Waals surface area contributed by atoms with Gasteiger partial charge in [-0.2, -0.15) is 0 Å². The van der Waals surface area contributed by atoms with E-state index in [4.69, 9.17) is 4.74 Å². The largest absolute Gasteiger partial charge is 0.504 e. The second kappa shape index (κ2) is 14.3. The first-order chi connectivity index (χ1) is 15.9. The average Bonchev–Trinajstić information content (AvgIpc) is 2.81. The summed E-state index contributed by atoms with van der Waals surface area (Å²) < 4.78 is 5.21. The zero-order valence-corrected chi connectivity index (χ0v) is 20.1. The van der Waals surface area contributed by atoms with E-state index < -0.39 is 0 Å². The fourth-order valence-electron chi connectivity index (χ4n) is 3.90. The molecule has 6 nitrogen and oxygen atoms in total. The Hall–Kier alpha value is -2.89. The van der Waals surface area contributed by atoms with E-state index in [-0.39, 0.29) is 23.2 Å². The van der Waals surface area contributed by atoms with Gasteiger partial charge in [-0.3, -0.25) is 4.79 Å². The van der Waals surface area contributed by atoms with Crippen LogP contribution in [0.2, 0.25) is 0 Å². The molecule has 0 aliphatic heterocycles. The summed E-state index contributed by atoms with van der Waals surface area (Å²) in [6.07, 6.45) is 10.4.